The molecule has 122 valence electrons. The van der Waals surface area contributed by atoms with Crippen LogP contribution in [-0.4, -0.2) is 37.5 Å². The van der Waals surface area contributed by atoms with Crippen molar-refractivity contribution in [2.24, 2.45) is 16.6 Å². The van der Waals surface area contributed by atoms with Gasteiger partial charge >= 0.3 is 0 Å². The largest absolute Gasteiger partial charge is 0.370 e. The Kier molecular flexibility index (Phi) is 6.30. The van der Waals surface area contributed by atoms with E-state index in [0.29, 0.717) is 25.0 Å². The number of rotatable bonds is 5. The van der Waals surface area contributed by atoms with Crippen molar-refractivity contribution in [2.75, 3.05) is 19.7 Å². The molecule has 2 rings (SSSR count). The summed E-state index contributed by atoms with van der Waals surface area (Å²) in [5.41, 5.74) is 5.88. The highest BCUT2D eigenvalue weighted by atomic mass is 16.7. The number of hydrogen-bond donors (Lipinski definition) is 2. The first-order valence-electron chi connectivity index (χ1n) is 8.45. The van der Waals surface area contributed by atoms with Gasteiger partial charge in [0.25, 0.3) is 0 Å². The SMILES string of the molecule is CC(C)CCNC(N)=NCC1COC2(CCCCCC2)O1. The molecule has 0 amide bonds. The van der Waals surface area contributed by atoms with E-state index in [0.717, 1.165) is 25.8 Å². The first-order valence-corrected chi connectivity index (χ1v) is 8.45. The van der Waals surface area contributed by atoms with Gasteiger partial charge in [0, 0.05) is 19.4 Å². The normalized spacial score (nSPS) is 26.2. The minimum absolute atomic E-state index is 0.0496. The number of nitrogens with one attached hydrogen (secondary N) is 1. The fourth-order valence-electron chi connectivity index (χ4n) is 2.98. The van der Waals surface area contributed by atoms with Crippen molar-refractivity contribution in [2.45, 2.75) is 70.7 Å². The van der Waals surface area contributed by atoms with E-state index in [9.17, 15) is 0 Å². The Morgan fingerprint density at radius 1 is 1.29 bits per heavy atom. The Bertz CT molecular complexity index is 336. The van der Waals surface area contributed by atoms with Crippen LogP contribution < -0.4 is 11.1 Å². The van der Waals surface area contributed by atoms with Gasteiger partial charge in [0.15, 0.2) is 11.7 Å². The Morgan fingerprint density at radius 3 is 2.67 bits per heavy atom. The molecule has 0 aromatic carbocycles. The standard InChI is InChI=1S/C16H31N3O2/c1-13(2)7-10-18-15(17)19-11-14-12-20-16(21-14)8-5-3-4-6-9-16/h13-14H,3-12H2,1-2H3,(H3,17,18,19). The highest BCUT2D eigenvalue weighted by Gasteiger charge is 2.41. The molecule has 0 radical (unpaired) electrons. The molecule has 2 fully saturated rings. The molecule has 5 heteroatoms. The molecular weight excluding hydrogens is 266 g/mol. The van der Waals surface area contributed by atoms with Crippen LogP contribution in [0, 0.1) is 5.92 Å². The van der Waals surface area contributed by atoms with Gasteiger partial charge in [-0.2, -0.15) is 0 Å². The highest BCUT2D eigenvalue weighted by molar-refractivity contribution is 5.77. The molecule has 5 nitrogen and oxygen atoms in total. The lowest BCUT2D eigenvalue weighted by atomic mass is 10.1. The quantitative estimate of drug-likeness (QED) is 0.604. The molecule has 1 heterocycles. The molecule has 3 N–H and O–H groups in total. The van der Waals surface area contributed by atoms with Crippen molar-refractivity contribution in [3.05, 3.63) is 0 Å². The average Bonchev–Trinajstić information content (AvgIpc) is 2.68. The van der Waals surface area contributed by atoms with Gasteiger partial charge in [0.2, 0.25) is 0 Å². The lowest BCUT2D eigenvalue weighted by molar-refractivity contribution is -0.174. The minimum atomic E-state index is -0.323. The van der Waals surface area contributed by atoms with Crippen molar-refractivity contribution in [1.29, 1.82) is 0 Å². The Labute approximate surface area is 128 Å². The lowest BCUT2D eigenvalue weighted by Gasteiger charge is -2.26. The van der Waals surface area contributed by atoms with E-state index in [2.05, 4.69) is 24.2 Å². The number of guanidine groups is 1. The van der Waals surface area contributed by atoms with Gasteiger partial charge in [-0.3, -0.25) is 4.99 Å². The molecule has 1 aliphatic heterocycles. The summed E-state index contributed by atoms with van der Waals surface area (Å²) in [7, 11) is 0. The van der Waals surface area contributed by atoms with Crippen molar-refractivity contribution >= 4 is 5.96 Å². The zero-order valence-electron chi connectivity index (χ0n) is 13.6. The fourth-order valence-corrected chi connectivity index (χ4v) is 2.98. The summed E-state index contributed by atoms with van der Waals surface area (Å²) in [5, 5.41) is 3.15. The molecule has 1 atom stereocenters. The van der Waals surface area contributed by atoms with Gasteiger partial charge in [-0.15, -0.1) is 0 Å². The van der Waals surface area contributed by atoms with Gasteiger partial charge < -0.3 is 20.5 Å². The molecule has 0 bridgehead atoms. The molecule has 1 saturated carbocycles. The predicted molar refractivity (Wildman–Crippen MR) is 85.2 cm³/mol. The third-order valence-corrected chi connectivity index (χ3v) is 4.27. The summed E-state index contributed by atoms with van der Waals surface area (Å²) in [6.45, 7) is 6.50. The number of aliphatic imine (C=N–C) groups is 1. The zero-order valence-corrected chi connectivity index (χ0v) is 13.6. The summed E-state index contributed by atoms with van der Waals surface area (Å²) in [5.74, 6) is 0.865. The van der Waals surface area contributed by atoms with Crippen LogP contribution in [0.4, 0.5) is 0 Å². The summed E-state index contributed by atoms with van der Waals surface area (Å²) in [6, 6.07) is 0. The van der Waals surface area contributed by atoms with Gasteiger partial charge in [-0.25, -0.2) is 0 Å². The first kappa shape index (κ1) is 16.6. The average molecular weight is 297 g/mol. The number of hydrogen-bond acceptors (Lipinski definition) is 3. The third kappa shape index (κ3) is 5.47. The van der Waals surface area contributed by atoms with Crippen molar-refractivity contribution in [3.8, 4) is 0 Å². The summed E-state index contributed by atoms with van der Waals surface area (Å²) < 4.78 is 12.1. The van der Waals surface area contributed by atoms with E-state index in [1.54, 1.807) is 0 Å². The van der Waals surface area contributed by atoms with Crippen molar-refractivity contribution < 1.29 is 9.47 Å². The molecule has 0 aromatic heterocycles. The maximum Gasteiger partial charge on any atom is 0.188 e. The summed E-state index contributed by atoms with van der Waals surface area (Å²) >= 11 is 0. The van der Waals surface area contributed by atoms with Crippen LogP contribution in [-0.2, 0) is 9.47 Å². The van der Waals surface area contributed by atoms with Crippen molar-refractivity contribution in [3.63, 3.8) is 0 Å². The van der Waals surface area contributed by atoms with E-state index in [4.69, 9.17) is 15.2 Å². The second kappa shape index (κ2) is 7.99. The molecule has 1 unspecified atom stereocenters. The predicted octanol–water partition coefficient (Wildman–Crippen LogP) is 2.40. The van der Waals surface area contributed by atoms with Crippen LogP contribution in [0.2, 0.25) is 0 Å². The van der Waals surface area contributed by atoms with Crippen LogP contribution in [0.3, 0.4) is 0 Å². The smallest absolute Gasteiger partial charge is 0.188 e. The van der Waals surface area contributed by atoms with E-state index < -0.39 is 0 Å². The maximum atomic E-state index is 6.15. The summed E-state index contributed by atoms with van der Waals surface area (Å²) in [6.07, 6.45) is 8.19. The van der Waals surface area contributed by atoms with Gasteiger partial charge in [-0.05, 0) is 25.2 Å². The van der Waals surface area contributed by atoms with Crippen LogP contribution in [0.1, 0.15) is 58.8 Å². The monoisotopic (exact) mass is 297 g/mol. The van der Waals surface area contributed by atoms with E-state index in [-0.39, 0.29) is 11.9 Å². The first-order chi connectivity index (χ1) is 10.1. The molecule has 21 heavy (non-hydrogen) atoms. The number of ether oxygens (including phenoxy) is 2. The fraction of sp³-hybridized carbons (Fsp3) is 0.938. The molecule has 1 aliphatic carbocycles. The van der Waals surface area contributed by atoms with E-state index >= 15 is 0 Å². The van der Waals surface area contributed by atoms with Gasteiger partial charge in [0.1, 0.15) is 6.10 Å². The number of nitrogens with zero attached hydrogens (tertiary/aromatic N) is 1. The topological polar surface area (TPSA) is 68.9 Å². The molecule has 2 aliphatic rings. The second-order valence-electron chi connectivity index (χ2n) is 6.71. The molecule has 1 spiro atoms. The maximum absolute atomic E-state index is 6.15. The van der Waals surface area contributed by atoms with Gasteiger partial charge in [0.05, 0.1) is 13.2 Å². The van der Waals surface area contributed by atoms with E-state index in [1.807, 2.05) is 0 Å². The lowest BCUT2D eigenvalue weighted by Crippen LogP contribution is -2.34. The van der Waals surface area contributed by atoms with Crippen LogP contribution in [0.15, 0.2) is 4.99 Å². The Balaban J connectivity index is 1.71. The molecule has 1 saturated heterocycles. The van der Waals surface area contributed by atoms with Crippen LogP contribution in [0.5, 0.6) is 0 Å². The summed E-state index contributed by atoms with van der Waals surface area (Å²) in [4.78, 5) is 4.38. The third-order valence-electron chi connectivity index (χ3n) is 4.27. The zero-order chi connectivity index (χ0) is 15.1. The molecular formula is C16H31N3O2. The van der Waals surface area contributed by atoms with Crippen LogP contribution >= 0.6 is 0 Å². The molecule has 0 aromatic rings. The minimum Gasteiger partial charge on any atom is -0.370 e. The Morgan fingerprint density at radius 2 is 2.00 bits per heavy atom. The number of nitrogens with two attached hydrogens (primary N) is 1. The van der Waals surface area contributed by atoms with Gasteiger partial charge in [-0.1, -0.05) is 26.7 Å². The Hall–Kier alpha value is -0.810. The van der Waals surface area contributed by atoms with Crippen LogP contribution in [0.25, 0.3) is 0 Å². The van der Waals surface area contributed by atoms with E-state index in [1.165, 1.54) is 25.7 Å². The van der Waals surface area contributed by atoms with Crippen molar-refractivity contribution in [1.82, 2.24) is 5.32 Å². The second-order valence-corrected chi connectivity index (χ2v) is 6.71. The highest BCUT2D eigenvalue weighted by Crippen LogP contribution is 2.36.